The summed E-state index contributed by atoms with van der Waals surface area (Å²) >= 11 is 0. The molecule has 0 aromatic heterocycles. The Kier molecular flexibility index (Phi) is 5.32. The third-order valence-corrected chi connectivity index (χ3v) is 3.27. The maximum absolute atomic E-state index is 12.2. The van der Waals surface area contributed by atoms with Crippen molar-refractivity contribution >= 4 is 11.6 Å². The van der Waals surface area contributed by atoms with Crippen LogP contribution in [0.3, 0.4) is 0 Å². The predicted molar refractivity (Wildman–Crippen MR) is 91.1 cm³/mol. The standard InChI is InChI=1S/C20H22O3/c1-20(2,3)14-23-17-11-9-16(10-12-17)19(22)13-18(21)15-7-5-4-6-8-15/h4-12H,13-14H2,1-3H3. The van der Waals surface area contributed by atoms with Crippen molar-refractivity contribution in [2.75, 3.05) is 6.61 Å². The molecule has 0 radical (unpaired) electrons. The largest absolute Gasteiger partial charge is 0.493 e. The number of ether oxygens (including phenoxy) is 1. The van der Waals surface area contributed by atoms with Crippen LogP contribution in [0.5, 0.6) is 5.75 Å². The fourth-order valence-electron chi connectivity index (χ4n) is 2.01. The normalized spacial score (nSPS) is 11.1. The van der Waals surface area contributed by atoms with Crippen molar-refractivity contribution in [3.8, 4) is 5.75 Å². The van der Waals surface area contributed by atoms with Crippen LogP contribution in [0.15, 0.2) is 54.6 Å². The molecule has 0 unspecified atom stereocenters. The molecular weight excluding hydrogens is 288 g/mol. The molecule has 2 rings (SSSR count). The first-order chi connectivity index (χ1) is 10.8. The molecule has 3 heteroatoms. The van der Waals surface area contributed by atoms with Gasteiger partial charge < -0.3 is 4.74 Å². The van der Waals surface area contributed by atoms with Gasteiger partial charge >= 0.3 is 0 Å². The second kappa shape index (κ2) is 7.23. The summed E-state index contributed by atoms with van der Waals surface area (Å²) in [4.78, 5) is 24.3. The second-order valence-electron chi connectivity index (χ2n) is 6.76. The minimum atomic E-state index is -0.179. The molecule has 0 atom stereocenters. The van der Waals surface area contributed by atoms with E-state index in [-0.39, 0.29) is 23.4 Å². The molecule has 23 heavy (non-hydrogen) atoms. The fourth-order valence-corrected chi connectivity index (χ4v) is 2.01. The van der Waals surface area contributed by atoms with Gasteiger partial charge in [0.05, 0.1) is 13.0 Å². The number of carbonyl (C=O) groups excluding carboxylic acids is 2. The van der Waals surface area contributed by atoms with E-state index in [2.05, 4.69) is 20.8 Å². The molecule has 0 amide bonds. The van der Waals surface area contributed by atoms with Gasteiger partial charge in [-0.2, -0.15) is 0 Å². The highest BCUT2D eigenvalue weighted by Gasteiger charge is 2.14. The Labute approximate surface area is 137 Å². The summed E-state index contributed by atoms with van der Waals surface area (Å²) in [5.74, 6) is 0.385. The zero-order valence-corrected chi connectivity index (χ0v) is 13.8. The number of carbonyl (C=O) groups is 2. The highest BCUT2D eigenvalue weighted by atomic mass is 16.5. The number of rotatable bonds is 6. The van der Waals surface area contributed by atoms with Crippen LogP contribution in [-0.2, 0) is 0 Å². The van der Waals surface area contributed by atoms with E-state index >= 15 is 0 Å². The summed E-state index contributed by atoms with van der Waals surface area (Å²) in [7, 11) is 0. The van der Waals surface area contributed by atoms with Gasteiger partial charge in [-0.3, -0.25) is 9.59 Å². The van der Waals surface area contributed by atoms with Crippen molar-refractivity contribution in [3.63, 3.8) is 0 Å². The summed E-state index contributed by atoms with van der Waals surface area (Å²) < 4.78 is 5.68. The highest BCUT2D eigenvalue weighted by Crippen LogP contribution is 2.19. The van der Waals surface area contributed by atoms with Crippen molar-refractivity contribution in [3.05, 3.63) is 65.7 Å². The Morgan fingerprint density at radius 2 is 1.35 bits per heavy atom. The molecule has 0 spiro atoms. The van der Waals surface area contributed by atoms with Gasteiger partial charge in [-0.15, -0.1) is 0 Å². The monoisotopic (exact) mass is 310 g/mol. The zero-order chi connectivity index (χ0) is 16.9. The minimum Gasteiger partial charge on any atom is -0.493 e. The fraction of sp³-hybridized carbons (Fsp3) is 0.300. The van der Waals surface area contributed by atoms with Crippen molar-refractivity contribution in [1.82, 2.24) is 0 Å². The van der Waals surface area contributed by atoms with Crippen LogP contribution >= 0.6 is 0 Å². The van der Waals surface area contributed by atoms with Gasteiger partial charge in [0.15, 0.2) is 11.6 Å². The lowest BCUT2D eigenvalue weighted by atomic mass is 9.98. The quantitative estimate of drug-likeness (QED) is 0.580. The molecule has 0 N–H and O–H groups in total. The van der Waals surface area contributed by atoms with E-state index in [0.717, 1.165) is 5.75 Å². The highest BCUT2D eigenvalue weighted by molar-refractivity contribution is 6.13. The van der Waals surface area contributed by atoms with Crippen LogP contribution < -0.4 is 4.74 Å². The maximum Gasteiger partial charge on any atom is 0.170 e. The molecule has 3 nitrogen and oxygen atoms in total. The molecule has 0 saturated carbocycles. The number of Topliss-reactive ketones (excluding diaryl/α,β-unsaturated/α-hetero) is 2. The lowest BCUT2D eigenvalue weighted by Gasteiger charge is -2.18. The van der Waals surface area contributed by atoms with E-state index in [1.54, 1.807) is 48.5 Å². The first-order valence-electron chi connectivity index (χ1n) is 7.69. The number of benzene rings is 2. The predicted octanol–water partition coefficient (Wildman–Crippen LogP) is 4.57. The van der Waals surface area contributed by atoms with Crippen molar-refractivity contribution < 1.29 is 14.3 Å². The Hall–Kier alpha value is -2.42. The molecule has 0 bridgehead atoms. The Morgan fingerprint density at radius 3 is 1.87 bits per heavy atom. The lowest BCUT2D eigenvalue weighted by Crippen LogP contribution is -2.16. The van der Waals surface area contributed by atoms with Crippen molar-refractivity contribution in [1.29, 1.82) is 0 Å². The van der Waals surface area contributed by atoms with Gasteiger partial charge in [-0.1, -0.05) is 51.1 Å². The molecule has 0 fully saturated rings. The van der Waals surface area contributed by atoms with Crippen molar-refractivity contribution in [2.45, 2.75) is 27.2 Å². The van der Waals surface area contributed by atoms with E-state index in [9.17, 15) is 9.59 Å². The molecule has 0 aliphatic heterocycles. The number of hydrogen-bond acceptors (Lipinski definition) is 3. The van der Waals surface area contributed by atoms with E-state index in [1.165, 1.54) is 0 Å². The SMILES string of the molecule is CC(C)(C)COc1ccc(C(=O)CC(=O)c2ccccc2)cc1. The Morgan fingerprint density at radius 1 is 0.826 bits per heavy atom. The van der Waals surface area contributed by atoms with Crippen molar-refractivity contribution in [2.24, 2.45) is 5.41 Å². The molecule has 2 aromatic rings. The number of hydrogen-bond donors (Lipinski definition) is 0. The summed E-state index contributed by atoms with van der Waals surface area (Å²) in [6.45, 7) is 6.90. The topological polar surface area (TPSA) is 43.4 Å². The number of ketones is 2. The van der Waals surface area contributed by atoms with Gasteiger partial charge in [0.1, 0.15) is 5.75 Å². The van der Waals surface area contributed by atoms with E-state index in [4.69, 9.17) is 4.74 Å². The lowest BCUT2D eigenvalue weighted by molar-refractivity contribution is 0.0894. The van der Waals surface area contributed by atoms with Crippen LogP contribution in [0, 0.1) is 5.41 Å². The molecule has 0 saturated heterocycles. The van der Waals surface area contributed by atoms with Crippen LogP contribution in [0.4, 0.5) is 0 Å². The van der Waals surface area contributed by atoms with Crippen LogP contribution in [0.25, 0.3) is 0 Å². The van der Waals surface area contributed by atoms with Crippen LogP contribution in [0.2, 0.25) is 0 Å². The van der Waals surface area contributed by atoms with Gasteiger partial charge in [-0.25, -0.2) is 0 Å². The third kappa shape index (κ3) is 5.37. The molecular formula is C20H22O3. The summed E-state index contributed by atoms with van der Waals surface area (Å²) in [6.07, 6.45) is -0.119. The van der Waals surface area contributed by atoms with Gasteiger partial charge in [-0.05, 0) is 29.7 Å². The van der Waals surface area contributed by atoms with Gasteiger partial charge in [0.2, 0.25) is 0 Å². The first-order valence-corrected chi connectivity index (χ1v) is 7.69. The second-order valence-corrected chi connectivity index (χ2v) is 6.76. The zero-order valence-electron chi connectivity index (χ0n) is 13.8. The average molecular weight is 310 g/mol. The minimum absolute atomic E-state index is 0.0800. The van der Waals surface area contributed by atoms with E-state index < -0.39 is 0 Å². The van der Waals surface area contributed by atoms with Gasteiger partial charge in [0, 0.05) is 11.1 Å². The molecule has 0 aliphatic rings. The first kappa shape index (κ1) is 16.9. The summed E-state index contributed by atoms with van der Waals surface area (Å²) in [6, 6.07) is 15.8. The maximum atomic E-state index is 12.2. The summed E-state index contributed by atoms with van der Waals surface area (Å²) in [5.41, 5.74) is 1.17. The average Bonchev–Trinajstić information content (AvgIpc) is 2.53. The summed E-state index contributed by atoms with van der Waals surface area (Å²) in [5, 5.41) is 0. The van der Waals surface area contributed by atoms with Gasteiger partial charge in [0.25, 0.3) is 0 Å². The van der Waals surface area contributed by atoms with Crippen LogP contribution in [-0.4, -0.2) is 18.2 Å². The third-order valence-electron chi connectivity index (χ3n) is 3.27. The van der Waals surface area contributed by atoms with Crippen LogP contribution in [0.1, 0.15) is 47.9 Å². The van der Waals surface area contributed by atoms with E-state index in [0.29, 0.717) is 17.7 Å². The Balaban J connectivity index is 1.96. The Bertz CT molecular complexity index is 664. The molecule has 2 aromatic carbocycles. The van der Waals surface area contributed by atoms with E-state index in [1.807, 2.05) is 6.07 Å². The smallest absolute Gasteiger partial charge is 0.170 e. The molecule has 0 aliphatic carbocycles. The molecule has 120 valence electrons. The molecule has 0 heterocycles.